The third kappa shape index (κ3) is 8.57. The first kappa shape index (κ1) is 37.4. The number of nitrogens with one attached hydrogen (secondary N) is 1. The summed E-state index contributed by atoms with van der Waals surface area (Å²) in [7, 11) is -17.0. The van der Waals surface area contributed by atoms with Gasteiger partial charge >= 0.3 is 36.9 Å². The van der Waals surface area contributed by atoms with Crippen molar-refractivity contribution in [1.29, 1.82) is 0 Å². The molecule has 0 aliphatic carbocycles. The molecule has 11 N–H and O–H groups in total. The number of rotatable bonds is 13. The quantitative estimate of drug-likeness (QED) is 0.0528. The molecule has 2 aliphatic rings. The van der Waals surface area contributed by atoms with Gasteiger partial charge in [-0.3, -0.25) is 23.4 Å². The number of nitrogens with zero attached hydrogens (tertiary/aromatic N) is 3. The van der Waals surface area contributed by atoms with Crippen LogP contribution in [0.15, 0.2) is 11.1 Å². The van der Waals surface area contributed by atoms with Crippen LogP contribution in [0.3, 0.4) is 0 Å². The number of phosphoric ester groups is 2. The predicted octanol–water partition coefficient (Wildman–Crippen LogP) is -4.15. The van der Waals surface area contributed by atoms with E-state index in [9.17, 15) is 63.1 Å². The molecule has 25 nitrogen and oxygen atoms in total. The van der Waals surface area contributed by atoms with Crippen LogP contribution in [0.25, 0.3) is 11.2 Å². The number of aliphatic hydroxyl groups is 4. The standard InChI is InChI=1S/C16H26BN5O20P4/c1-21-4-22(13-7(21)14(27)20-16(18)19-13)15-11(26)9(24)6(39-15)3-37-44(30,31)41-46(34,35)42-45(32,33)40-43(28,29)36-2-5-8(23)10(25)12(17)38-5/h4-6,8-12,15,23-26H,2-3H2,1H3,(H6-,18,19,20,27,28,29,30,31,32,33,34,35)/p+1/t5-,6-,8?,9?,10+,11?,12-,15-/m1/s1. The molecule has 0 aromatic carbocycles. The van der Waals surface area contributed by atoms with E-state index in [1.54, 1.807) is 0 Å². The van der Waals surface area contributed by atoms with Gasteiger partial charge in [-0.25, -0.2) is 22.8 Å². The summed E-state index contributed by atoms with van der Waals surface area (Å²) in [6.45, 7) is -2.19. The molecule has 30 heteroatoms. The topological polar surface area (TPSA) is 375 Å². The molecule has 12 atom stereocenters. The number of aromatic amines is 1. The van der Waals surface area contributed by atoms with Gasteiger partial charge in [-0.2, -0.15) is 12.9 Å². The van der Waals surface area contributed by atoms with Crippen LogP contribution >= 0.6 is 31.3 Å². The number of aliphatic hydroxyl groups excluding tert-OH is 4. The van der Waals surface area contributed by atoms with Crippen molar-refractivity contribution < 1.29 is 94.3 Å². The average molecular weight is 744 g/mol. The van der Waals surface area contributed by atoms with Crippen LogP contribution in [-0.4, -0.2) is 118 Å². The van der Waals surface area contributed by atoms with Crippen LogP contribution in [0.4, 0.5) is 5.95 Å². The van der Waals surface area contributed by atoms with Gasteiger partial charge in [-0.1, -0.05) is 4.98 Å². The van der Waals surface area contributed by atoms with E-state index in [0.29, 0.717) is 0 Å². The van der Waals surface area contributed by atoms with Crippen molar-refractivity contribution in [3.8, 4) is 0 Å². The van der Waals surface area contributed by atoms with Crippen LogP contribution in [0.1, 0.15) is 6.23 Å². The van der Waals surface area contributed by atoms with Gasteiger partial charge in [-0.05, 0) is 0 Å². The van der Waals surface area contributed by atoms with E-state index >= 15 is 0 Å². The zero-order valence-corrected chi connectivity index (χ0v) is 26.4. The van der Waals surface area contributed by atoms with Gasteiger partial charge in [-0.15, -0.1) is 0 Å². The van der Waals surface area contributed by atoms with Crippen LogP contribution < -0.4 is 15.9 Å². The first-order chi connectivity index (χ1) is 21.0. The van der Waals surface area contributed by atoms with Gasteiger partial charge in [0.1, 0.15) is 38.4 Å². The highest BCUT2D eigenvalue weighted by atomic mass is 31.3. The molecule has 2 aromatic rings. The molecule has 2 saturated heterocycles. The molecule has 0 saturated carbocycles. The highest BCUT2D eigenvalue weighted by molar-refractivity contribution is 7.69. The summed E-state index contributed by atoms with van der Waals surface area (Å²) in [5, 5.41) is 40.1. The van der Waals surface area contributed by atoms with Crippen molar-refractivity contribution in [2.75, 3.05) is 18.9 Å². The molecule has 4 heterocycles. The van der Waals surface area contributed by atoms with Crippen molar-refractivity contribution in [3.63, 3.8) is 0 Å². The van der Waals surface area contributed by atoms with Crippen molar-refractivity contribution in [2.45, 2.75) is 48.9 Å². The number of anilines is 1. The third-order valence-electron chi connectivity index (χ3n) is 6.22. The van der Waals surface area contributed by atoms with Gasteiger partial charge in [0.2, 0.25) is 11.7 Å². The predicted molar refractivity (Wildman–Crippen MR) is 143 cm³/mol. The number of hydrogen-bond acceptors (Lipinski definition) is 18. The van der Waals surface area contributed by atoms with E-state index < -0.39 is 98.9 Å². The second kappa shape index (κ2) is 13.4. The summed E-state index contributed by atoms with van der Waals surface area (Å²) >= 11 is 0. The zero-order chi connectivity index (χ0) is 34.6. The first-order valence-corrected chi connectivity index (χ1v) is 18.3. The maximum Gasteiger partial charge on any atom is 0.490 e. The number of fused-ring (bicyclic) bond motifs is 1. The smallest absolute Gasteiger partial charge is 0.388 e. The summed E-state index contributed by atoms with van der Waals surface area (Å²) in [5.41, 5.74) is 4.82. The number of nitrogen functional groups attached to an aromatic ring is 1. The van der Waals surface area contributed by atoms with Crippen LogP contribution in [0.5, 0.6) is 0 Å². The largest absolute Gasteiger partial charge is 0.490 e. The molecule has 258 valence electrons. The van der Waals surface area contributed by atoms with Crippen molar-refractivity contribution in [2.24, 2.45) is 7.05 Å². The Kier molecular flexibility index (Phi) is 10.9. The van der Waals surface area contributed by atoms with Crippen LogP contribution in [0, 0.1) is 0 Å². The zero-order valence-electron chi connectivity index (χ0n) is 22.9. The normalized spacial score (nSPS) is 33.8. The Hall–Kier alpha value is -1.47. The second-order valence-electron chi connectivity index (χ2n) is 9.63. The summed E-state index contributed by atoms with van der Waals surface area (Å²) in [5.74, 6) is -0.295. The first-order valence-electron chi connectivity index (χ1n) is 12.3. The minimum absolute atomic E-state index is 0.00776. The van der Waals surface area contributed by atoms with E-state index in [1.807, 2.05) is 0 Å². The molecule has 2 radical (unpaired) electrons. The number of aromatic nitrogens is 4. The molecule has 4 rings (SSSR count). The fourth-order valence-electron chi connectivity index (χ4n) is 4.27. The van der Waals surface area contributed by atoms with Gasteiger partial charge in [0.05, 0.1) is 26.4 Å². The van der Waals surface area contributed by atoms with Crippen LogP contribution in [-0.2, 0) is 56.8 Å². The molecule has 2 aliphatic heterocycles. The Morgan fingerprint density at radius 2 is 1.37 bits per heavy atom. The Morgan fingerprint density at radius 3 is 1.87 bits per heavy atom. The highest BCUT2D eigenvalue weighted by Crippen LogP contribution is 2.71. The number of H-pyrrole nitrogens is 1. The molecule has 2 fully saturated rings. The number of imidazole rings is 1. The molecule has 46 heavy (non-hydrogen) atoms. The minimum atomic E-state index is -6.16. The highest BCUT2D eigenvalue weighted by Gasteiger charge is 2.50. The number of aryl methyl sites for hydroxylation is 1. The lowest BCUT2D eigenvalue weighted by atomic mass is 9.93. The minimum Gasteiger partial charge on any atom is -0.388 e. The van der Waals surface area contributed by atoms with E-state index in [1.165, 1.54) is 17.9 Å². The summed E-state index contributed by atoms with van der Waals surface area (Å²) in [4.78, 5) is 57.3. The average Bonchev–Trinajstić information content (AvgIpc) is 3.45. The van der Waals surface area contributed by atoms with Crippen molar-refractivity contribution in [1.82, 2.24) is 14.5 Å². The Morgan fingerprint density at radius 1 is 0.891 bits per heavy atom. The number of phosphoric acid groups is 4. The Bertz CT molecular complexity index is 1710. The van der Waals surface area contributed by atoms with Gasteiger partial charge in [0.25, 0.3) is 11.5 Å². The summed E-state index contributed by atoms with van der Waals surface area (Å²) in [6, 6.07) is -1.41. The fraction of sp³-hybridized carbons (Fsp3) is 0.688. The molecule has 0 spiro atoms. The lowest BCUT2D eigenvalue weighted by molar-refractivity contribution is -0.745. The molecule has 0 amide bonds. The number of hydrogen-bond donors (Lipinski definition) is 10. The van der Waals surface area contributed by atoms with Crippen LogP contribution in [0.2, 0.25) is 0 Å². The molecule has 0 bridgehead atoms. The second-order valence-corrected chi connectivity index (χ2v) is 15.9. The molecule has 7 unspecified atom stereocenters. The molecular formula is C16H27BN5O20P4+. The van der Waals surface area contributed by atoms with Gasteiger partial charge in [0, 0.05) is 6.00 Å². The molecule has 2 aromatic heterocycles. The number of nitrogens with two attached hydrogens (primary N) is 1. The SMILES string of the molecule is [B][C@@H]1O[C@H](COP(=O)(O)OP(=O)(O)OP(=O)(O)OP(=O)(O)OC[C@H]2O[C@@H]([n+]3cn(C)c4c(=O)[nH]c(N)nc43)C(O)C2O)C(O)[C@@H]1O. The maximum atomic E-state index is 12.3. The van der Waals surface area contributed by atoms with E-state index in [0.717, 1.165) is 4.57 Å². The maximum absolute atomic E-state index is 12.3. The summed E-state index contributed by atoms with van der Waals surface area (Å²) < 4.78 is 81.4. The monoisotopic (exact) mass is 744 g/mol. The van der Waals surface area contributed by atoms with E-state index in [4.69, 9.17) is 23.1 Å². The Labute approximate surface area is 256 Å². The summed E-state index contributed by atoms with van der Waals surface area (Å²) in [6.07, 6.45) is -10.3. The molecular weight excluding hydrogens is 717 g/mol. The number of ether oxygens (including phenoxy) is 2. The Balaban J connectivity index is 1.34. The third-order valence-corrected chi connectivity index (χ3v) is 12.1. The van der Waals surface area contributed by atoms with Gasteiger partial charge in [0.15, 0.2) is 6.33 Å². The van der Waals surface area contributed by atoms with E-state index in [2.05, 4.69) is 31.9 Å². The van der Waals surface area contributed by atoms with Crippen molar-refractivity contribution >= 4 is 56.2 Å². The van der Waals surface area contributed by atoms with Gasteiger partial charge < -0.3 is 55.2 Å². The fourth-order valence-corrected chi connectivity index (χ4v) is 9.22. The van der Waals surface area contributed by atoms with Crippen molar-refractivity contribution in [3.05, 3.63) is 16.7 Å². The lowest BCUT2D eigenvalue weighted by Gasteiger charge is -2.21. The van der Waals surface area contributed by atoms with E-state index in [-0.39, 0.29) is 17.1 Å². The lowest BCUT2D eigenvalue weighted by Crippen LogP contribution is -2.46.